The maximum Gasteiger partial charge on any atom is 0.242 e. The highest BCUT2D eigenvalue weighted by atomic mass is 15.6. The van der Waals surface area contributed by atoms with E-state index in [1.165, 1.54) is 32.1 Å². The van der Waals surface area contributed by atoms with Gasteiger partial charge in [0.15, 0.2) is 0 Å². The summed E-state index contributed by atoms with van der Waals surface area (Å²) in [5.41, 5.74) is 0. The zero-order chi connectivity index (χ0) is 11.4. The molecule has 0 bridgehead atoms. The third-order valence-electron chi connectivity index (χ3n) is 3.59. The van der Waals surface area contributed by atoms with Gasteiger partial charge in [-0.15, -0.1) is 0 Å². The van der Waals surface area contributed by atoms with Gasteiger partial charge in [0.05, 0.1) is 0 Å². The predicted molar refractivity (Wildman–Crippen MR) is 63.1 cm³/mol. The van der Waals surface area contributed by atoms with Crippen molar-refractivity contribution in [3.63, 3.8) is 0 Å². The van der Waals surface area contributed by atoms with Crippen molar-refractivity contribution in [3.8, 4) is 0 Å². The molecule has 1 aliphatic rings. The molecule has 5 heteroatoms. The molecule has 1 aliphatic carbocycles. The van der Waals surface area contributed by atoms with Crippen LogP contribution in [0.2, 0.25) is 0 Å². The van der Waals surface area contributed by atoms with E-state index < -0.39 is 0 Å². The molecule has 1 heterocycles. The summed E-state index contributed by atoms with van der Waals surface area (Å²) in [6.07, 6.45) is 7.98. The van der Waals surface area contributed by atoms with Gasteiger partial charge in [0.25, 0.3) is 0 Å². The molecule has 0 aliphatic heterocycles. The molecule has 0 aromatic carbocycles. The summed E-state index contributed by atoms with van der Waals surface area (Å²) in [5, 5.41) is 15.0. The van der Waals surface area contributed by atoms with Gasteiger partial charge < -0.3 is 5.32 Å². The summed E-state index contributed by atoms with van der Waals surface area (Å²) in [6.45, 7) is 2.23. The van der Waals surface area contributed by atoms with E-state index in [-0.39, 0.29) is 0 Å². The van der Waals surface area contributed by atoms with Crippen molar-refractivity contribution in [1.29, 1.82) is 0 Å². The first kappa shape index (κ1) is 11.4. The van der Waals surface area contributed by atoms with Gasteiger partial charge in [-0.2, -0.15) is 0 Å². The highest BCUT2D eigenvalue weighted by Crippen LogP contribution is 2.28. The van der Waals surface area contributed by atoms with Crippen LogP contribution in [-0.4, -0.2) is 26.2 Å². The minimum Gasteiger partial charge on any atom is -0.350 e. The van der Waals surface area contributed by atoms with Gasteiger partial charge in [-0.1, -0.05) is 31.3 Å². The molecule has 1 aromatic rings. The number of aryl methyl sites for hydroxylation is 1. The van der Waals surface area contributed by atoms with Crippen molar-refractivity contribution in [2.75, 3.05) is 5.32 Å². The van der Waals surface area contributed by atoms with Crippen molar-refractivity contribution in [1.82, 2.24) is 20.2 Å². The zero-order valence-electron chi connectivity index (χ0n) is 10.2. The lowest BCUT2D eigenvalue weighted by Crippen LogP contribution is -2.31. The van der Waals surface area contributed by atoms with Gasteiger partial charge in [-0.3, -0.25) is 0 Å². The summed E-state index contributed by atoms with van der Waals surface area (Å²) in [7, 11) is 1.87. The highest BCUT2D eigenvalue weighted by molar-refractivity contribution is 5.23. The minimum absolute atomic E-state index is 0.519. The number of rotatable bonds is 4. The Kier molecular flexibility index (Phi) is 3.74. The van der Waals surface area contributed by atoms with Gasteiger partial charge in [-0.05, 0) is 35.6 Å². The van der Waals surface area contributed by atoms with E-state index >= 15 is 0 Å². The second kappa shape index (κ2) is 5.27. The van der Waals surface area contributed by atoms with Crippen LogP contribution in [-0.2, 0) is 7.05 Å². The van der Waals surface area contributed by atoms with Crippen molar-refractivity contribution < 1.29 is 0 Å². The van der Waals surface area contributed by atoms with E-state index in [0.717, 1.165) is 18.3 Å². The van der Waals surface area contributed by atoms with Crippen LogP contribution in [0.15, 0.2) is 0 Å². The highest BCUT2D eigenvalue weighted by Gasteiger charge is 2.23. The van der Waals surface area contributed by atoms with Crippen LogP contribution in [0.1, 0.15) is 45.4 Å². The molecule has 1 saturated carbocycles. The third kappa shape index (κ3) is 2.51. The van der Waals surface area contributed by atoms with E-state index in [9.17, 15) is 0 Å². The van der Waals surface area contributed by atoms with Gasteiger partial charge in [-0.25, -0.2) is 4.68 Å². The summed E-state index contributed by atoms with van der Waals surface area (Å²) >= 11 is 0. The first-order chi connectivity index (χ1) is 7.81. The molecular formula is C11H21N5. The van der Waals surface area contributed by atoms with E-state index in [4.69, 9.17) is 0 Å². The van der Waals surface area contributed by atoms with E-state index in [1.54, 1.807) is 4.68 Å². The lowest BCUT2D eigenvalue weighted by molar-refractivity contribution is 0.311. The van der Waals surface area contributed by atoms with E-state index in [0.29, 0.717) is 6.04 Å². The van der Waals surface area contributed by atoms with Crippen molar-refractivity contribution in [3.05, 3.63) is 0 Å². The van der Waals surface area contributed by atoms with Gasteiger partial charge in [0.1, 0.15) is 0 Å². The maximum atomic E-state index is 3.99. The Balaban J connectivity index is 1.97. The number of tetrazole rings is 1. The maximum absolute atomic E-state index is 3.99. The fraction of sp³-hybridized carbons (Fsp3) is 0.909. The molecule has 16 heavy (non-hydrogen) atoms. The fourth-order valence-corrected chi connectivity index (χ4v) is 2.61. The Bertz CT molecular complexity index is 316. The van der Waals surface area contributed by atoms with Crippen molar-refractivity contribution in [2.24, 2.45) is 13.0 Å². The molecule has 90 valence electrons. The van der Waals surface area contributed by atoms with Crippen LogP contribution in [0, 0.1) is 5.92 Å². The van der Waals surface area contributed by atoms with E-state index in [1.807, 2.05) is 7.05 Å². The standard InChI is InChI=1S/C11H21N5/c1-3-10(9-7-5-4-6-8-9)12-11-13-14-15-16(11)2/h9-10H,3-8H2,1-2H3,(H,12,13,15). The molecule has 1 atom stereocenters. The van der Waals surface area contributed by atoms with Crippen LogP contribution in [0.5, 0.6) is 0 Å². The van der Waals surface area contributed by atoms with Crippen LogP contribution >= 0.6 is 0 Å². The molecule has 1 fully saturated rings. The molecule has 2 rings (SSSR count). The number of nitrogens with zero attached hydrogens (tertiary/aromatic N) is 4. The molecule has 0 amide bonds. The third-order valence-corrected chi connectivity index (χ3v) is 3.59. The predicted octanol–water partition coefficient (Wildman–Crippen LogP) is 1.98. The molecular weight excluding hydrogens is 202 g/mol. The average Bonchev–Trinajstić information content (AvgIpc) is 2.73. The van der Waals surface area contributed by atoms with Gasteiger partial charge >= 0.3 is 0 Å². The minimum atomic E-state index is 0.519. The fourth-order valence-electron chi connectivity index (χ4n) is 2.61. The number of nitrogens with one attached hydrogen (secondary N) is 1. The summed E-state index contributed by atoms with van der Waals surface area (Å²) in [4.78, 5) is 0. The normalized spacial score (nSPS) is 19.6. The summed E-state index contributed by atoms with van der Waals surface area (Å²) < 4.78 is 1.70. The van der Waals surface area contributed by atoms with Crippen LogP contribution in [0.25, 0.3) is 0 Å². The molecule has 5 nitrogen and oxygen atoms in total. The Hall–Kier alpha value is -1.13. The monoisotopic (exact) mass is 223 g/mol. The molecule has 1 aromatic heterocycles. The first-order valence-electron chi connectivity index (χ1n) is 6.30. The topological polar surface area (TPSA) is 55.6 Å². The molecule has 0 spiro atoms. The van der Waals surface area contributed by atoms with Crippen LogP contribution < -0.4 is 5.32 Å². The van der Waals surface area contributed by atoms with Crippen LogP contribution in [0.3, 0.4) is 0 Å². The quantitative estimate of drug-likeness (QED) is 0.848. The lowest BCUT2D eigenvalue weighted by Gasteiger charge is -2.30. The second-order valence-electron chi connectivity index (χ2n) is 4.68. The largest absolute Gasteiger partial charge is 0.350 e. The summed E-state index contributed by atoms with van der Waals surface area (Å²) in [6, 6.07) is 0.519. The molecule has 0 radical (unpaired) electrons. The number of hydrogen-bond acceptors (Lipinski definition) is 4. The number of hydrogen-bond donors (Lipinski definition) is 1. The average molecular weight is 223 g/mol. The zero-order valence-corrected chi connectivity index (χ0v) is 10.2. The van der Waals surface area contributed by atoms with Gasteiger partial charge in [0.2, 0.25) is 5.95 Å². The SMILES string of the molecule is CCC(Nc1nnnn1C)C1CCCCC1. The smallest absolute Gasteiger partial charge is 0.242 e. The Labute approximate surface area is 96.6 Å². The van der Waals surface area contributed by atoms with Gasteiger partial charge in [0, 0.05) is 13.1 Å². The Morgan fingerprint density at radius 2 is 2.12 bits per heavy atom. The van der Waals surface area contributed by atoms with Crippen LogP contribution in [0.4, 0.5) is 5.95 Å². The summed E-state index contributed by atoms with van der Waals surface area (Å²) in [5.74, 6) is 1.58. The van der Waals surface area contributed by atoms with Crippen molar-refractivity contribution >= 4 is 5.95 Å². The number of aromatic nitrogens is 4. The Morgan fingerprint density at radius 3 is 2.69 bits per heavy atom. The molecule has 1 N–H and O–H groups in total. The Morgan fingerprint density at radius 1 is 1.38 bits per heavy atom. The molecule has 1 unspecified atom stereocenters. The molecule has 0 saturated heterocycles. The second-order valence-corrected chi connectivity index (χ2v) is 4.68. The lowest BCUT2D eigenvalue weighted by atomic mass is 9.83. The van der Waals surface area contributed by atoms with E-state index in [2.05, 4.69) is 27.8 Å². The first-order valence-corrected chi connectivity index (χ1v) is 6.30. The van der Waals surface area contributed by atoms with Crippen molar-refractivity contribution in [2.45, 2.75) is 51.5 Å². The number of anilines is 1.